The second-order valence-corrected chi connectivity index (χ2v) is 9.64. The molecule has 1 amide bonds. The van der Waals surface area contributed by atoms with E-state index >= 15 is 0 Å². The third-order valence-corrected chi connectivity index (χ3v) is 5.16. The van der Waals surface area contributed by atoms with Crippen LogP contribution >= 0.6 is 11.6 Å². The van der Waals surface area contributed by atoms with E-state index in [9.17, 15) is 9.90 Å². The molecule has 0 unspecified atom stereocenters. The predicted octanol–water partition coefficient (Wildman–Crippen LogP) is 4.11. The summed E-state index contributed by atoms with van der Waals surface area (Å²) >= 11 is 6.22. The summed E-state index contributed by atoms with van der Waals surface area (Å²) in [6, 6.07) is 5.38. The predicted molar refractivity (Wildman–Crippen MR) is 109 cm³/mol. The average molecular weight is 409 g/mol. The van der Waals surface area contributed by atoms with E-state index in [1.807, 2.05) is 40.7 Å². The lowest BCUT2D eigenvalue weighted by atomic mass is 9.82. The third-order valence-electron chi connectivity index (χ3n) is 4.92. The number of carbonyl (C=O) groups is 1. The van der Waals surface area contributed by atoms with Crippen molar-refractivity contribution in [3.63, 3.8) is 0 Å². The van der Waals surface area contributed by atoms with E-state index in [0.717, 1.165) is 5.56 Å². The number of carbonyl (C=O) groups excluding carboxylic acids is 1. The van der Waals surface area contributed by atoms with Gasteiger partial charge in [0.25, 0.3) is 0 Å². The molecule has 2 aliphatic rings. The Morgan fingerprint density at radius 2 is 1.93 bits per heavy atom. The molecule has 0 spiro atoms. The molecule has 2 heterocycles. The summed E-state index contributed by atoms with van der Waals surface area (Å²) in [7, 11) is 0. The van der Waals surface area contributed by atoms with Crippen LogP contribution in [0.15, 0.2) is 23.2 Å². The van der Waals surface area contributed by atoms with Crippen LogP contribution < -0.4 is 0 Å². The molecule has 154 valence electrons. The fraction of sp³-hybridized carbons (Fsp3) is 0.619. The van der Waals surface area contributed by atoms with E-state index in [2.05, 4.69) is 4.99 Å². The highest BCUT2D eigenvalue weighted by molar-refractivity contribution is 6.31. The number of ether oxygens (including phenoxy) is 2. The zero-order valence-corrected chi connectivity index (χ0v) is 18.0. The van der Waals surface area contributed by atoms with Crippen LogP contribution in [0.25, 0.3) is 0 Å². The number of aliphatic imine (C=N–C) groups is 1. The van der Waals surface area contributed by atoms with E-state index in [1.54, 1.807) is 17.0 Å². The Balaban J connectivity index is 1.82. The number of hydrogen-bond acceptors (Lipinski definition) is 5. The highest BCUT2D eigenvalue weighted by Crippen LogP contribution is 2.37. The maximum Gasteiger partial charge on any atom is 0.410 e. The van der Waals surface area contributed by atoms with Crippen LogP contribution in [-0.2, 0) is 15.1 Å². The Hall–Kier alpha value is -1.79. The standard InChI is InChI=1S/C21H29ClN2O4/c1-19(2,3)28-18(25)24-10-8-21(26,9-11-24)16-7-6-14(22)12-15(16)17-23-20(4,5)13-27-17/h6-7,12,26H,8-11,13H2,1-5H3. The zero-order chi connectivity index (χ0) is 20.7. The van der Waals surface area contributed by atoms with Gasteiger partial charge in [0.2, 0.25) is 5.90 Å². The Labute approximate surface area is 171 Å². The first-order chi connectivity index (χ1) is 12.9. The maximum absolute atomic E-state index is 12.3. The number of aliphatic hydroxyl groups is 1. The van der Waals surface area contributed by atoms with Gasteiger partial charge in [0.1, 0.15) is 12.2 Å². The van der Waals surface area contributed by atoms with Crippen molar-refractivity contribution in [1.82, 2.24) is 4.90 Å². The molecule has 1 aromatic rings. The van der Waals surface area contributed by atoms with Crippen molar-refractivity contribution in [2.45, 2.75) is 64.2 Å². The Kier molecular flexibility index (Phi) is 5.40. The highest BCUT2D eigenvalue weighted by atomic mass is 35.5. The molecule has 0 atom stereocenters. The van der Waals surface area contributed by atoms with Gasteiger partial charge in [-0.1, -0.05) is 17.7 Å². The van der Waals surface area contributed by atoms with Crippen LogP contribution in [0.2, 0.25) is 5.02 Å². The van der Waals surface area contributed by atoms with E-state index in [4.69, 9.17) is 21.1 Å². The van der Waals surface area contributed by atoms with Gasteiger partial charge in [-0.2, -0.15) is 0 Å². The van der Waals surface area contributed by atoms with E-state index < -0.39 is 11.2 Å². The minimum absolute atomic E-state index is 0.308. The molecule has 3 rings (SSSR count). The SMILES string of the molecule is CC1(C)COC(c2cc(Cl)ccc2C2(O)CCN(C(=O)OC(C)(C)C)CC2)=N1. The van der Waals surface area contributed by atoms with Crippen molar-refractivity contribution < 1.29 is 19.4 Å². The van der Waals surface area contributed by atoms with Crippen LogP contribution in [0.3, 0.4) is 0 Å². The lowest BCUT2D eigenvalue weighted by Gasteiger charge is -2.39. The zero-order valence-electron chi connectivity index (χ0n) is 17.2. The molecule has 1 saturated heterocycles. The molecule has 0 aliphatic carbocycles. The first-order valence-corrected chi connectivity index (χ1v) is 10.00. The fourth-order valence-corrected chi connectivity index (χ4v) is 3.65. The fourth-order valence-electron chi connectivity index (χ4n) is 3.48. The van der Waals surface area contributed by atoms with Gasteiger partial charge in [0.05, 0.1) is 11.1 Å². The average Bonchev–Trinajstić information content (AvgIpc) is 2.93. The largest absolute Gasteiger partial charge is 0.475 e. The first kappa shape index (κ1) is 20.9. The molecule has 7 heteroatoms. The minimum Gasteiger partial charge on any atom is -0.475 e. The number of hydrogen-bond donors (Lipinski definition) is 1. The van der Waals surface area contributed by atoms with Gasteiger partial charge in [0, 0.05) is 23.7 Å². The first-order valence-electron chi connectivity index (χ1n) is 9.62. The summed E-state index contributed by atoms with van der Waals surface area (Å²) in [6.07, 6.45) is 0.450. The molecule has 1 fully saturated rings. The molecule has 0 radical (unpaired) electrons. The quantitative estimate of drug-likeness (QED) is 0.799. The van der Waals surface area contributed by atoms with Crippen molar-refractivity contribution in [2.24, 2.45) is 4.99 Å². The Bertz CT molecular complexity index is 790. The second-order valence-electron chi connectivity index (χ2n) is 9.21. The van der Waals surface area contributed by atoms with Crippen molar-refractivity contribution in [3.05, 3.63) is 34.3 Å². The molecule has 0 bridgehead atoms. The molecule has 1 N–H and O–H groups in total. The molecule has 28 heavy (non-hydrogen) atoms. The molecular formula is C21H29ClN2O4. The van der Waals surface area contributed by atoms with Gasteiger partial charge in [-0.15, -0.1) is 0 Å². The lowest BCUT2D eigenvalue weighted by molar-refractivity contribution is -0.0358. The van der Waals surface area contributed by atoms with Crippen LogP contribution in [-0.4, -0.2) is 52.8 Å². The number of benzene rings is 1. The summed E-state index contributed by atoms with van der Waals surface area (Å²) < 4.78 is 11.2. The monoisotopic (exact) mass is 408 g/mol. The van der Waals surface area contributed by atoms with Crippen molar-refractivity contribution in [1.29, 1.82) is 0 Å². The van der Waals surface area contributed by atoms with Crippen molar-refractivity contribution in [2.75, 3.05) is 19.7 Å². The van der Waals surface area contributed by atoms with Crippen molar-refractivity contribution in [3.8, 4) is 0 Å². The van der Waals surface area contributed by atoms with Gasteiger partial charge in [0.15, 0.2) is 0 Å². The minimum atomic E-state index is -1.09. The Morgan fingerprint density at radius 3 is 2.46 bits per heavy atom. The lowest BCUT2D eigenvalue weighted by Crippen LogP contribution is -2.47. The number of rotatable bonds is 2. The number of amides is 1. The second kappa shape index (κ2) is 7.23. The Morgan fingerprint density at radius 1 is 1.29 bits per heavy atom. The molecule has 2 aliphatic heterocycles. The summed E-state index contributed by atoms with van der Waals surface area (Å²) in [6.45, 7) is 10.8. The summed E-state index contributed by atoms with van der Waals surface area (Å²) in [5, 5.41) is 12.0. The van der Waals surface area contributed by atoms with Gasteiger partial charge in [-0.05, 0) is 65.2 Å². The number of likely N-dealkylation sites (tertiary alicyclic amines) is 1. The van der Waals surface area contributed by atoms with Crippen LogP contribution in [0.1, 0.15) is 58.6 Å². The molecular weight excluding hydrogens is 380 g/mol. The van der Waals surface area contributed by atoms with Crippen LogP contribution in [0.4, 0.5) is 4.79 Å². The van der Waals surface area contributed by atoms with Gasteiger partial charge >= 0.3 is 6.09 Å². The molecule has 0 aromatic heterocycles. The van der Waals surface area contributed by atoms with E-state index in [-0.39, 0.29) is 11.6 Å². The van der Waals surface area contributed by atoms with Crippen LogP contribution in [0.5, 0.6) is 0 Å². The topological polar surface area (TPSA) is 71.4 Å². The summed E-state index contributed by atoms with van der Waals surface area (Å²) in [5.41, 5.74) is -0.489. The number of piperidine rings is 1. The molecule has 1 aromatic carbocycles. The maximum atomic E-state index is 12.3. The summed E-state index contributed by atoms with van der Waals surface area (Å²) in [5.74, 6) is 0.505. The van der Waals surface area contributed by atoms with E-state index in [0.29, 0.717) is 49.0 Å². The number of halogens is 1. The third kappa shape index (κ3) is 4.61. The molecule has 6 nitrogen and oxygen atoms in total. The van der Waals surface area contributed by atoms with Gasteiger partial charge in [-0.3, -0.25) is 0 Å². The van der Waals surface area contributed by atoms with E-state index in [1.165, 1.54) is 0 Å². The molecule has 0 saturated carbocycles. The van der Waals surface area contributed by atoms with Gasteiger partial charge in [-0.25, -0.2) is 9.79 Å². The van der Waals surface area contributed by atoms with Crippen molar-refractivity contribution >= 4 is 23.6 Å². The summed E-state index contributed by atoms with van der Waals surface area (Å²) in [4.78, 5) is 18.6. The smallest absolute Gasteiger partial charge is 0.410 e. The van der Waals surface area contributed by atoms with Gasteiger partial charge < -0.3 is 19.5 Å². The normalized spacial score (nSPS) is 21.1. The number of nitrogens with zero attached hydrogens (tertiary/aromatic N) is 2. The van der Waals surface area contributed by atoms with Crippen LogP contribution in [0, 0.1) is 0 Å². The highest BCUT2D eigenvalue weighted by Gasteiger charge is 2.40.